The van der Waals surface area contributed by atoms with Gasteiger partial charge in [0, 0.05) is 6.04 Å². The first-order valence-electron chi connectivity index (χ1n) is 4.01. The van der Waals surface area contributed by atoms with Gasteiger partial charge in [-0.1, -0.05) is 13.3 Å². The first-order chi connectivity index (χ1) is 5.02. The molecule has 0 aliphatic rings. The van der Waals surface area contributed by atoms with E-state index >= 15 is 0 Å². The molecule has 1 atom stereocenters. The van der Waals surface area contributed by atoms with E-state index in [1.807, 2.05) is 13.8 Å². The molecule has 0 aromatic rings. The zero-order chi connectivity index (χ0) is 8.91. The molecule has 68 valence electrons. The second-order valence-electron chi connectivity index (χ2n) is 2.71. The molecule has 0 aromatic heterocycles. The Bertz CT molecular complexity index is 187. The first-order valence-corrected chi connectivity index (χ1v) is 5.67. The summed E-state index contributed by atoms with van der Waals surface area (Å²) >= 11 is 0. The van der Waals surface area contributed by atoms with Crippen molar-refractivity contribution in [2.45, 2.75) is 39.7 Å². The van der Waals surface area contributed by atoms with Crippen LogP contribution in [0.1, 0.15) is 33.6 Å². The number of hydrogen-bond donors (Lipinski definition) is 1. The largest absolute Gasteiger partial charge is 0.212 e. The summed E-state index contributed by atoms with van der Waals surface area (Å²) < 4.78 is 24.5. The molecule has 0 unspecified atom stereocenters. The van der Waals surface area contributed by atoms with Crippen LogP contribution in [0.2, 0.25) is 0 Å². The zero-order valence-corrected chi connectivity index (χ0v) is 8.24. The normalized spacial score (nSPS) is 14.8. The summed E-state index contributed by atoms with van der Waals surface area (Å²) in [7, 11) is -2.99. The molecule has 0 amide bonds. The zero-order valence-electron chi connectivity index (χ0n) is 7.42. The Labute approximate surface area is 69.2 Å². The van der Waals surface area contributed by atoms with E-state index in [4.69, 9.17) is 0 Å². The van der Waals surface area contributed by atoms with E-state index < -0.39 is 10.0 Å². The van der Waals surface area contributed by atoms with Crippen molar-refractivity contribution in [1.29, 1.82) is 0 Å². The van der Waals surface area contributed by atoms with Gasteiger partial charge in [-0.2, -0.15) is 0 Å². The molecule has 4 heteroatoms. The summed E-state index contributed by atoms with van der Waals surface area (Å²) in [6.45, 7) is 5.56. The molecule has 0 fully saturated rings. The van der Waals surface area contributed by atoms with Gasteiger partial charge in [0.1, 0.15) is 0 Å². The molecule has 0 bridgehead atoms. The van der Waals surface area contributed by atoms with Crippen molar-refractivity contribution in [3.8, 4) is 0 Å². The highest BCUT2D eigenvalue weighted by Gasteiger charge is 2.09. The Kier molecular flexibility index (Phi) is 4.68. The van der Waals surface area contributed by atoms with Gasteiger partial charge in [0.2, 0.25) is 10.0 Å². The smallest absolute Gasteiger partial charge is 0.211 e. The topological polar surface area (TPSA) is 46.2 Å². The van der Waals surface area contributed by atoms with Crippen LogP contribution in [0.5, 0.6) is 0 Å². The third-order valence-corrected chi connectivity index (χ3v) is 3.00. The van der Waals surface area contributed by atoms with E-state index in [1.165, 1.54) is 0 Å². The highest BCUT2D eigenvalue weighted by molar-refractivity contribution is 7.89. The molecule has 0 rings (SSSR count). The Morgan fingerprint density at radius 3 is 2.27 bits per heavy atom. The predicted molar refractivity (Wildman–Crippen MR) is 47.0 cm³/mol. The molecule has 0 saturated carbocycles. The minimum atomic E-state index is -2.99. The third kappa shape index (κ3) is 5.21. The lowest BCUT2D eigenvalue weighted by molar-refractivity contribution is 0.545. The maximum atomic E-state index is 11.0. The second-order valence-corrected chi connectivity index (χ2v) is 4.75. The van der Waals surface area contributed by atoms with Gasteiger partial charge in [0.25, 0.3) is 0 Å². The molecule has 0 spiro atoms. The Morgan fingerprint density at radius 2 is 1.91 bits per heavy atom. The van der Waals surface area contributed by atoms with Gasteiger partial charge >= 0.3 is 0 Å². The van der Waals surface area contributed by atoms with Crippen molar-refractivity contribution in [3.05, 3.63) is 0 Å². The van der Waals surface area contributed by atoms with Crippen molar-refractivity contribution in [2.24, 2.45) is 0 Å². The molecule has 0 aliphatic carbocycles. The summed E-state index contributed by atoms with van der Waals surface area (Å²) in [5.41, 5.74) is 0. The molecule has 11 heavy (non-hydrogen) atoms. The average Bonchev–Trinajstić information content (AvgIpc) is 1.87. The maximum Gasteiger partial charge on any atom is 0.211 e. The Hall–Kier alpha value is -0.0900. The van der Waals surface area contributed by atoms with Crippen LogP contribution in [-0.4, -0.2) is 20.2 Å². The SMILES string of the molecule is CCC[C@@H](C)NS(=O)(=O)CC. The average molecular weight is 179 g/mol. The lowest BCUT2D eigenvalue weighted by Crippen LogP contribution is -2.33. The fourth-order valence-corrected chi connectivity index (χ4v) is 1.78. The summed E-state index contributed by atoms with van der Waals surface area (Å²) in [6.07, 6.45) is 1.91. The van der Waals surface area contributed by atoms with Crippen LogP contribution in [0.15, 0.2) is 0 Å². The monoisotopic (exact) mass is 179 g/mol. The molecular weight excluding hydrogens is 162 g/mol. The number of hydrogen-bond acceptors (Lipinski definition) is 2. The van der Waals surface area contributed by atoms with Gasteiger partial charge < -0.3 is 0 Å². The number of nitrogens with one attached hydrogen (secondary N) is 1. The summed E-state index contributed by atoms with van der Waals surface area (Å²) in [5, 5.41) is 0. The fraction of sp³-hybridized carbons (Fsp3) is 1.00. The predicted octanol–water partition coefficient (Wildman–Crippen LogP) is 1.11. The third-order valence-electron chi connectivity index (χ3n) is 1.48. The second kappa shape index (κ2) is 4.72. The quantitative estimate of drug-likeness (QED) is 0.687. The molecule has 0 saturated heterocycles. The van der Waals surface area contributed by atoms with Gasteiger partial charge in [-0.05, 0) is 20.3 Å². The van der Waals surface area contributed by atoms with Gasteiger partial charge in [-0.3, -0.25) is 0 Å². The van der Waals surface area contributed by atoms with Crippen molar-refractivity contribution in [2.75, 3.05) is 5.75 Å². The molecule has 0 aliphatic heterocycles. The van der Waals surface area contributed by atoms with Gasteiger partial charge in [0.15, 0.2) is 0 Å². The van der Waals surface area contributed by atoms with Crippen molar-refractivity contribution < 1.29 is 8.42 Å². The molecule has 0 heterocycles. The molecule has 0 radical (unpaired) electrons. The van der Waals surface area contributed by atoms with Gasteiger partial charge in [0.05, 0.1) is 5.75 Å². The first kappa shape index (κ1) is 10.9. The van der Waals surface area contributed by atoms with Crippen LogP contribution in [0.4, 0.5) is 0 Å². The van der Waals surface area contributed by atoms with E-state index in [-0.39, 0.29) is 11.8 Å². The van der Waals surface area contributed by atoms with E-state index in [0.717, 1.165) is 12.8 Å². The maximum absolute atomic E-state index is 11.0. The van der Waals surface area contributed by atoms with Crippen LogP contribution in [0.25, 0.3) is 0 Å². The van der Waals surface area contributed by atoms with Crippen molar-refractivity contribution in [3.63, 3.8) is 0 Å². The van der Waals surface area contributed by atoms with Crippen LogP contribution >= 0.6 is 0 Å². The molecule has 1 N–H and O–H groups in total. The van der Waals surface area contributed by atoms with E-state index in [1.54, 1.807) is 6.92 Å². The van der Waals surface area contributed by atoms with Gasteiger partial charge in [-0.15, -0.1) is 0 Å². The molecule has 3 nitrogen and oxygen atoms in total. The van der Waals surface area contributed by atoms with E-state index in [9.17, 15) is 8.42 Å². The van der Waals surface area contributed by atoms with E-state index in [0.29, 0.717) is 0 Å². The number of rotatable bonds is 5. The van der Waals surface area contributed by atoms with Crippen molar-refractivity contribution >= 4 is 10.0 Å². The summed E-state index contributed by atoms with van der Waals surface area (Å²) in [6, 6.07) is 0.0740. The molecular formula is C7H17NO2S. The lowest BCUT2D eigenvalue weighted by atomic mass is 10.2. The summed E-state index contributed by atoms with van der Waals surface area (Å²) in [4.78, 5) is 0. The fourth-order valence-electron chi connectivity index (χ4n) is 0.882. The molecule has 0 aromatic carbocycles. The van der Waals surface area contributed by atoms with Crippen LogP contribution in [0, 0.1) is 0 Å². The van der Waals surface area contributed by atoms with E-state index in [2.05, 4.69) is 4.72 Å². The minimum absolute atomic E-state index is 0.0740. The van der Waals surface area contributed by atoms with Gasteiger partial charge in [-0.25, -0.2) is 13.1 Å². The Morgan fingerprint density at radius 1 is 1.36 bits per heavy atom. The highest BCUT2D eigenvalue weighted by Crippen LogP contribution is 1.97. The minimum Gasteiger partial charge on any atom is -0.212 e. The van der Waals surface area contributed by atoms with Crippen LogP contribution in [0.3, 0.4) is 0 Å². The number of sulfonamides is 1. The van der Waals surface area contributed by atoms with Crippen molar-refractivity contribution in [1.82, 2.24) is 4.72 Å². The Balaban J connectivity index is 3.84. The summed E-state index contributed by atoms with van der Waals surface area (Å²) in [5.74, 6) is 0.168. The highest BCUT2D eigenvalue weighted by atomic mass is 32.2. The van der Waals surface area contributed by atoms with Crippen LogP contribution < -0.4 is 4.72 Å². The standard InChI is InChI=1S/C7H17NO2S/c1-4-6-7(3)8-11(9,10)5-2/h7-8H,4-6H2,1-3H3/t7-/m1/s1. The van der Waals surface area contributed by atoms with Crippen LogP contribution in [-0.2, 0) is 10.0 Å². The lowest BCUT2D eigenvalue weighted by Gasteiger charge is -2.11.